The third-order valence-electron chi connectivity index (χ3n) is 5.05. The van der Waals surface area contributed by atoms with Crippen molar-refractivity contribution in [3.8, 4) is 17.1 Å². The van der Waals surface area contributed by atoms with Gasteiger partial charge in [0, 0.05) is 31.4 Å². The van der Waals surface area contributed by atoms with Gasteiger partial charge in [-0.1, -0.05) is 5.16 Å². The van der Waals surface area contributed by atoms with Crippen LogP contribution in [0.15, 0.2) is 28.8 Å². The number of benzene rings is 1. The van der Waals surface area contributed by atoms with Crippen molar-refractivity contribution in [3.63, 3.8) is 0 Å². The van der Waals surface area contributed by atoms with Crippen molar-refractivity contribution in [2.45, 2.75) is 43.8 Å². The molecule has 1 aromatic carbocycles. The van der Waals surface area contributed by atoms with Crippen molar-refractivity contribution in [1.29, 1.82) is 0 Å². The molecule has 3 heterocycles. The van der Waals surface area contributed by atoms with E-state index in [1.165, 1.54) is 24.3 Å². The average molecular weight is 399 g/mol. The van der Waals surface area contributed by atoms with Crippen molar-refractivity contribution < 1.29 is 32.3 Å². The maximum Gasteiger partial charge on any atom is 0.573 e. The molecule has 0 amide bonds. The Hall–Kier alpha value is -2.17. The van der Waals surface area contributed by atoms with Crippen LogP contribution in [0.5, 0.6) is 5.75 Å². The molecule has 2 aliphatic heterocycles. The zero-order valence-corrected chi connectivity index (χ0v) is 14.9. The first-order valence-electron chi connectivity index (χ1n) is 9.10. The first-order valence-corrected chi connectivity index (χ1v) is 9.10. The normalized spacial score (nSPS) is 24.6. The van der Waals surface area contributed by atoms with Crippen molar-refractivity contribution in [2.24, 2.45) is 0 Å². The van der Waals surface area contributed by atoms with Gasteiger partial charge in [-0.15, -0.1) is 13.2 Å². The number of nitrogens with zero attached hydrogens (tertiary/aromatic N) is 3. The lowest BCUT2D eigenvalue weighted by Gasteiger charge is -2.33. The van der Waals surface area contributed by atoms with Gasteiger partial charge in [0.2, 0.25) is 11.7 Å². The van der Waals surface area contributed by atoms with E-state index in [4.69, 9.17) is 9.26 Å². The van der Waals surface area contributed by atoms with Crippen molar-refractivity contribution >= 4 is 0 Å². The Morgan fingerprint density at radius 3 is 2.54 bits per heavy atom. The molecule has 2 saturated heterocycles. The Balaban J connectivity index is 1.50. The Kier molecular flexibility index (Phi) is 5.26. The molecule has 28 heavy (non-hydrogen) atoms. The molecule has 152 valence electrons. The summed E-state index contributed by atoms with van der Waals surface area (Å²) in [5.74, 6) is 0.361. The van der Waals surface area contributed by atoms with E-state index < -0.39 is 12.5 Å². The third-order valence-corrected chi connectivity index (χ3v) is 5.05. The van der Waals surface area contributed by atoms with Crippen LogP contribution in [-0.4, -0.2) is 58.4 Å². The predicted molar refractivity (Wildman–Crippen MR) is 90.3 cm³/mol. The van der Waals surface area contributed by atoms with E-state index in [-0.39, 0.29) is 23.7 Å². The lowest BCUT2D eigenvalue weighted by molar-refractivity contribution is -0.274. The van der Waals surface area contributed by atoms with Gasteiger partial charge in [-0.2, -0.15) is 4.98 Å². The molecule has 2 aliphatic rings. The highest BCUT2D eigenvalue weighted by Gasteiger charge is 2.40. The molecule has 0 spiro atoms. The van der Waals surface area contributed by atoms with Crippen LogP contribution >= 0.6 is 0 Å². The van der Waals surface area contributed by atoms with E-state index >= 15 is 0 Å². The molecule has 0 aliphatic carbocycles. The van der Waals surface area contributed by atoms with Crippen LogP contribution in [0.1, 0.15) is 31.2 Å². The standard InChI is InChI=1S/C18H20F3N3O4/c19-18(20,21)27-14-3-1-11(2-4-14)16-22-17(28-23-16)15-9-13(25)10-24(15)12-5-7-26-8-6-12/h1-4,12-13,15,25H,5-10H2/t13-,15+/m1/s1. The van der Waals surface area contributed by atoms with E-state index in [0.29, 0.717) is 37.6 Å². The molecule has 1 N–H and O–H groups in total. The summed E-state index contributed by atoms with van der Waals surface area (Å²) in [6.45, 7) is 1.91. The van der Waals surface area contributed by atoms with Crippen molar-refractivity contribution in [1.82, 2.24) is 15.0 Å². The first kappa shape index (κ1) is 19.2. The Morgan fingerprint density at radius 1 is 1.14 bits per heavy atom. The molecule has 0 saturated carbocycles. The molecule has 0 radical (unpaired) electrons. The average Bonchev–Trinajstić information content (AvgIpc) is 3.28. The molecule has 10 heteroatoms. The number of β-amino-alcohol motifs (C(OH)–C–C–N with tert-alkyl or cyclic N) is 1. The number of aromatic nitrogens is 2. The van der Waals surface area contributed by atoms with E-state index in [1.54, 1.807) is 0 Å². The summed E-state index contributed by atoms with van der Waals surface area (Å²) in [6.07, 6.45) is -2.95. The molecule has 1 aromatic heterocycles. The van der Waals surface area contributed by atoms with E-state index in [1.807, 2.05) is 0 Å². The molecule has 4 rings (SSSR count). The van der Waals surface area contributed by atoms with E-state index in [2.05, 4.69) is 19.8 Å². The van der Waals surface area contributed by atoms with E-state index in [0.717, 1.165) is 12.8 Å². The van der Waals surface area contributed by atoms with E-state index in [9.17, 15) is 18.3 Å². The SMILES string of the molecule is O[C@@H]1C[C@@H](c2nc(-c3ccc(OC(F)(F)F)cc3)no2)N(C2CCOCC2)C1. The minimum absolute atomic E-state index is 0.188. The number of ether oxygens (including phenoxy) is 2. The number of halogens is 3. The summed E-state index contributed by atoms with van der Waals surface area (Å²) in [7, 11) is 0. The van der Waals surface area contributed by atoms with Crippen LogP contribution < -0.4 is 4.74 Å². The largest absolute Gasteiger partial charge is 0.573 e. The molecular weight excluding hydrogens is 379 g/mol. The van der Waals surface area contributed by atoms with Crippen molar-refractivity contribution in [3.05, 3.63) is 30.2 Å². The topological polar surface area (TPSA) is 80.9 Å². The predicted octanol–water partition coefficient (Wildman–Crippen LogP) is 2.92. The second-order valence-electron chi connectivity index (χ2n) is 6.97. The molecule has 2 aromatic rings. The summed E-state index contributed by atoms with van der Waals surface area (Å²) < 4.78 is 51.5. The maximum atomic E-state index is 12.3. The zero-order valence-electron chi connectivity index (χ0n) is 14.9. The highest BCUT2D eigenvalue weighted by atomic mass is 19.4. The lowest BCUT2D eigenvalue weighted by atomic mass is 10.1. The number of likely N-dealkylation sites (tertiary alicyclic amines) is 1. The fraction of sp³-hybridized carbons (Fsp3) is 0.556. The first-order chi connectivity index (χ1) is 13.4. The van der Waals surface area contributed by atoms with Crippen LogP contribution in [0.3, 0.4) is 0 Å². The Morgan fingerprint density at radius 2 is 1.86 bits per heavy atom. The Labute approximate surface area is 159 Å². The minimum atomic E-state index is -4.74. The number of aliphatic hydroxyl groups is 1. The van der Waals surface area contributed by atoms with Gasteiger partial charge in [-0.05, 0) is 43.5 Å². The highest BCUT2D eigenvalue weighted by molar-refractivity contribution is 5.55. The molecule has 7 nitrogen and oxygen atoms in total. The molecule has 0 bridgehead atoms. The van der Waals surface area contributed by atoms with Gasteiger partial charge in [-0.25, -0.2) is 0 Å². The number of hydrogen-bond donors (Lipinski definition) is 1. The maximum absolute atomic E-state index is 12.3. The van der Waals surface area contributed by atoms with Crippen molar-refractivity contribution in [2.75, 3.05) is 19.8 Å². The number of alkyl halides is 3. The molecule has 2 atom stereocenters. The van der Waals surface area contributed by atoms with Gasteiger partial charge in [-0.3, -0.25) is 4.90 Å². The smallest absolute Gasteiger partial charge is 0.406 e. The van der Waals surface area contributed by atoms with Crippen LogP contribution in [0.4, 0.5) is 13.2 Å². The summed E-state index contributed by atoms with van der Waals surface area (Å²) >= 11 is 0. The van der Waals surface area contributed by atoms with Crippen LogP contribution in [0.2, 0.25) is 0 Å². The van der Waals surface area contributed by atoms with Gasteiger partial charge in [0.05, 0.1) is 12.1 Å². The van der Waals surface area contributed by atoms with Gasteiger partial charge in [0.25, 0.3) is 0 Å². The lowest BCUT2D eigenvalue weighted by Crippen LogP contribution is -2.39. The van der Waals surface area contributed by atoms with Gasteiger partial charge < -0.3 is 19.1 Å². The fourth-order valence-electron chi connectivity index (χ4n) is 3.79. The fourth-order valence-corrected chi connectivity index (χ4v) is 3.79. The quantitative estimate of drug-likeness (QED) is 0.847. The van der Waals surface area contributed by atoms with Crippen LogP contribution in [-0.2, 0) is 4.74 Å². The zero-order chi connectivity index (χ0) is 19.7. The monoisotopic (exact) mass is 399 g/mol. The minimum Gasteiger partial charge on any atom is -0.406 e. The number of aliphatic hydroxyl groups excluding tert-OH is 1. The number of rotatable bonds is 4. The van der Waals surface area contributed by atoms with Gasteiger partial charge in [0.1, 0.15) is 5.75 Å². The van der Waals surface area contributed by atoms with Crippen LogP contribution in [0.25, 0.3) is 11.4 Å². The third kappa shape index (κ3) is 4.29. The van der Waals surface area contributed by atoms with Crippen LogP contribution in [0, 0.1) is 0 Å². The summed E-state index contributed by atoms with van der Waals surface area (Å²) in [4.78, 5) is 6.61. The summed E-state index contributed by atoms with van der Waals surface area (Å²) in [5.41, 5.74) is 0.515. The van der Waals surface area contributed by atoms with Gasteiger partial charge >= 0.3 is 6.36 Å². The van der Waals surface area contributed by atoms with Gasteiger partial charge in [0.15, 0.2) is 0 Å². The molecular formula is C18H20F3N3O4. The Bertz CT molecular complexity index is 790. The summed E-state index contributed by atoms with van der Waals surface area (Å²) in [6, 6.07) is 5.38. The summed E-state index contributed by atoms with van der Waals surface area (Å²) in [5, 5.41) is 14.1. The number of hydrogen-bond acceptors (Lipinski definition) is 7. The second-order valence-corrected chi connectivity index (χ2v) is 6.97. The second kappa shape index (κ2) is 7.69. The molecule has 2 fully saturated rings. The highest BCUT2D eigenvalue weighted by Crippen LogP contribution is 2.36. The molecule has 0 unspecified atom stereocenters.